The van der Waals surface area contributed by atoms with Gasteiger partial charge in [0.15, 0.2) is 11.5 Å². The molecule has 22 heavy (non-hydrogen) atoms. The van der Waals surface area contributed by atoms with E-state index in [1.54, 1.807) is 30.3 Å². The molecule has 0 unspecified atom stereocenters. The molecule has 3 aromatic rings. The molecule has 3 nitrogen and oxygen atoms in total. The lowest BCUT2D eigenvalue weighted by Crippen LogP contribution is -1.93. The molecule has 0 spiro atoms. The van der Waals surface area contributed by atoms with Gasteiger partial charge in [-0.25, -0.2) is 0 Å². The van der Waals surface area contributed by atoms with Crippen LogP contribution in [-0.4, -0.2) is 15.3 Å². The summed E-state index contributed by atoms with van der Waals surface area (Å²) in [5, 5.41) is 29.5. The second kappa shape index (κ2) is 5.82. The molecule has 0 fully saturated rings. The molecule has 3 heteroatoms. The summed E-state index contributed by atoms with van der Waals surface area (Å²) >= 11 is 0. The van der Waals surface area contributed by atoms with Crippen molar-refractivity contribution in [3.05, 3.63) is 77.9 Å². The van der Waals surface area contributed by atoms with Crippen LogP contribution in [0.5, 0.6) is 17.2 Å². The van der Waals surface area contributed by atoms with E-state index in [2.05, 4.69) is 0 Å². The Bertz CT molecular complexity index is 778. The van der Waals surface area contributed by atoms with Crippen molar-refractivity contribution in [3.63, 3.8) is 0 Å². The minimum absolute atomic E-state index is 0.102. The van der Waals surface area contributed by atoms with Crippen LogP contribution in [0, 0.1) is 0 Å². The fraction of sp³-hybridized carbons (Fsp3) is 0.0526. The highest BCUT2D eigenvalue weighted by molar-refractivity contribution is 5.73. The SMILES string of the molecule is Oc1ccc(-c2ccc(O)c(O)c2Cc2ccccc2)cc1. The van der Waals surface area contributed by atoms with Crippen LogP contribution in [0.25, 0.3) is 11.1 Å². The number of hydrogen-bond acceptors (Lipinski definition) is 3. The molecule has 0 atom stereocenters. The molecule has 110 valence electrons. The molecular weight excluding hydrogens is 276 g/mol. The number of aromatic hydroxyl groups is 3. The Kier molecular flexibility index (Phi) is 3.71. The first-order valence-corrected chi connectivity index (χ1v) is 7.02. The summed E-state index contributed by atoms with van der Waals surface area (Å²) < 4.78 is 0. The van der Waals surface area contributed by atoms with E-state index in [0.29, 0.717) is 12.0 Å². The van der Waals surface area contributed by atoms with E-state index in [9.17, 15) is 15.3 Å². The monoisotopic (exact) mass is 292 g/mol. The van der Waals surface area contributed by atoms with Crippen molar-refractivity contribution in [2.45, 2.75) is 6.42 Å². The first-order valence-electron chi connectivity index (χ1n) is 7.02. The molecule has 0 amide bonds. The third-order valence-corrected chi connectivity index (χ3v) is 3.66. The Balaban J connectivity index is 2.10. The van der Waals surface area contributed by atoms with Crippen LogP contribution in [0.1, 0.15) is 11.1 Å². The minimum Gasteiger partial charge on any atom is -0.508 e. The van der Waals surface area contributed by atoms with E-state index in [1.807, 2.05) is 30.3 Å². The third-order valence-electron chi connectivity index (χ3n) is 3.66. The Morgan fingerprint density at radius 3 is 2.05 bits per heavy atom. The normalized spacial score (nSPS) is 10.5. The summed E-state index contributed by atoms with van der Waals surface area (Å²) in [6, 6.07) is 19.8. The predicted molar refractivity (Wildman–Crippen MR) is 86.1 cm³/mol. The van der Waals surface area contributed by atoms with E-state index in [1.165, 1.54) is 6.07 Å². The van der Waals surface area contributed by atoms with E-state index in [4.69, 9.17) is 0 Å². The third kappa shape index (κ3) is 2.74. The highest BCUT2D eigenvalue weighted by atomic mass is 16.3. The van der Waals surface area contributed by atoms with Crippen molar-refractivity contribution >= 4 is 0 Å². The van der Waals surface area contributed by atoms with Gasteiger partial charge in [0.25, 0.3) is 0 Å². The van der Waals surface area contributed by atoms with E-state index < -0.39 is 0 Å². The molecule has 3 N–H and O–H groups in total. The summed E-state index contributed by atoms with van der Waals surface area (Å²) in [5.74, 6) is -0.0424. The van der Waals surface area contributed by atoms with Gasteiger partial charge in [-0.15, -0.1) is 0 Å². The second-order valence-electron chi connectivity index (χ2n) is 5.17. The van der Waals surface area contributed by atoms with Gasteiger partial charge in [0.05, 0.1) is 0 Å². The van der Waals surface area contributed by atoms with Crippen molar-refractivity contribution in [1.82, 2.24) is 0 Å². The van der Waals surface area contributed by atoms with E-state index in [-0.39, 0.29) is 17.2 Å². The van der Waals surface area contributed by atoms with Crippen LogP contribution in [0.2, 0.25) is 0 Å². The molecule has 0 heterocycles. The van der Waals surface area contributed by atoms with Crippen molar-refractivity contribution in [2.24, 2.45) is 0 Å². The predicted octanol–water partition coefficient (Wildman–Crippen LogP) is 4.06. The molecular formula is C19H16O3. The van der Waals surface area contributed by atoms with Crippen molar-refractivity contribution in [2.75, 3.05) is 0 Å². The van der Waals surface area contributed by atoms with E-state index >= 15 is 0 Å². The molecule has 0 saturated heterocycles. The molecule has 0 aliphatic carbocycles. The van der Waals surface area contributed by atoms with Crippen molar-refractivity contribution in [1.29, 1.82) is 0 Å². The Morgan fingerprint density at radius 1 is 0.682 bits per heavy atom. The molecule has 0 aliphatic heterocycles. The zero-order valence-electron chi connectivity index (χ0n) is 11.9. The molecule has 3 rings (SSSR count). The molecule has 0 radical (unpaired) electrons. The zero-order chi connectivity index (χ0) is 15.5. The number of hydrogen-bond donors (Lipinski definition) is 3. The maximum absolute atomic E-state index is 10.3. The van der Waals surface area contributed by atoms with Crippen LogP contribution in [0.15, 0.2) is 66.7 Å². The fourth-order valence-electron chi connectivity index (χ4n) is 2.51. The lowest BCUT2D eigenvalue weighted by molar-refractivity contribution is 0.400. The largest absolute Gasteiger partial charge is 0.508 e. The number of phenols is 3. The number of phenolic OH excluding ortho intramolecular Hbond substituents is 3. The average Bonchev–Trinajstić information content (AvgIpc) is 2.54. The van der Waals surface area contributed by atoms with Gasteiger partial charge in [0.1, 0.15) is 5.75 Å². The quantitative estimate of drug-likeness (QED) is 0.638. The number of rotatable bonds is 3. The first kappa shape index (κ1) is 14.0. The lowest BCUT2D eigenvalue weighted by Gasteiger charge is -2.13. The maximum Gasteiger partial charge on any atom is 0.161 e. The highest BCUT2D eigenvalue weighted by Crippen LogP contribution is 2.38. The van der Waals surface area contributed by atoms with Crippen LogP contribution < -0.4 is 0 Å². The molecule has 0 bridgehead atoms. The average molecular weight is 292 g/mol. The van der Waals surface area contributed by atoms with Gasteiger partial charge in [0, 0.05) is 12.0 Å². The van der Waals surface area contributed by atoms with Crippen LogP contribution in [-0.2, 0) is 6.42 Å². The minimum atomic E-state index is -0.131. The Hall–Kier alpha value is -2.94. The van der Waals surface area contributed by atoms with Gasteiger partial charge in [-0.1, -0.05) is 48.5 Å². The standard InChI is InChI=1S/C19H16O3/c20-15-8-6-14(7-9-15)16-10-11-18(21)19(22)17(16)12-13-4-2-1-3-5-13/h1-11,20-22H,12H2. The number of benzene rings is 3. The summed E-state index contributed by atoms with van der Waals surface area (Å²) in [7, 11) is 0. The fourth-order valence-corrected chi connectivity index (χ4v) is 2.51. The molecule has 3 aromatic carbocycles. The summed E-state index contributed by atoms with van der Waals surface area (Å²) in [6.45, 7) is 0. The van der Waals surface area contributed by atoms with Gasteiger partial charge in [-0.05, 0) is 34.9 Å². The summed E-state index contributed by atoms with van der Waals surface area (Å²) in [4.78, 5) is 0. The highest BCUT2D eigenvalue weighted by Gasteiger charge is 2.14. The Morgan fingerprint density at radius 2 is 1.36 bits per heavy atom. The zero-order valence-corrected chi connectivity index (χ0v) is 11.9. The maximum atomic E-state index is 10.3. The Labute approximate surface area is 128 Å². The van der Waals surface area contributed by atoms with Gasteiger partial charge in [-0.2, -0.15) is 0 Å². The van der Waals surface area contributed by atoms with Gasteiger partial charge in [0.2, 0.25) is 0 Å². The van der Waals surface area contributed by atoms with Crippen LogP contribution in [0.3, 0.4) is 0 Å². The topological polar surface area (TPSA) is 60.7 Å². The molecule has 0 aromatic heterocycles. The van der Waals surface area contributed by atoms with Gasteiger partial charge >= 0.3 is 0 Å². The van der Waals surface area contributed by atoms with Crippen LogP contribution >= 0.6 is 0 Å². The summed E-state index contributed by atoms with van der Waals surface area (Å²) in [5.41, 5.74) is 3.42. The lowest BCUT2D eigenvalue weighted by atomic mass is 9.93. The van der Waals surface area contributed by atoms with Crippen molar-refractivity contribution in [3.8, 4) is 28.4 Å². The smallest absolute Gasteiger partial charge is 0.161 e. The first-order chi connectivity index (χ1) is 10.6. The summed E-state index contributed by atoms with van der Waals surface area (Å²) in [6.07, 6.45) is 0.511. The van der Waals surface area contributed by atoms with E-state index in [0.717, 1.165) is 16.7 Å². The van der Waals surface area contributed by atoms with Gasteiger partial charge in [-0.3, -0.25) is 0 Å². The molecule has 0 saturated carbocycles. The second-order valence-corrected chi connectivity index (χ2v) is 5.17. The van der Waals surface area contributed by atoms with Crippen LogP contribution in [0.4, 0.5) is 0 Å². The molecule has 0 aliphatic rings. The van der Waals surface area contributed by atoms with Gasteiger partial charge < -0.3 is 15.3 Å². The van der Waals surface area contributed by atoms with Crippen molar-refractivity contribution < 1.29 is 15.3 Å².